The van der Waals surface area contributed by atoms with Crippen LogP contribution < -0.4 is 10.2 Å². The maximum absolute atomic E-state index is 12.3. The molecule has 2 aromatic carbocycles. The fraction of sp³-hybridized carbons (Fsp3) is 0.348. The monoisotopic (exact) mass is 439 g/mol. The van der Waals surface area contributed by atoms with Crippen LogP contribution in [0.2, 0.25) is 0 Å². The third-order valence-electron chi connectivity index (χ3n) is 4.41. The normalized spacial score (nSPS) is 13.7. The zero-order valence-corrected chi connectivity index (χ0v) is 18.6. The van der Waals surface area contributed by atoms with E-state index in [1.807, 2.05) is 42.1 Å². The number of nitrogens with zero attached hydrogens (tertiary/aromatic N) is 2. The van der Waals surface area contributed by atoms with E-state index in [-0.39, 0.29) is 11.4 Å². The van der Waals surface area contributed by atoms with E-state index in [4.69, 9.17) is 4.74 Å². The highest BCUT2D eigenvalue weighted by atomic mass is 32.2. The Bertz CT molecular complexity index is 1020. The van der Waals surface area contributed by atoms with Gasteiger partial charge in [0.2, 0.25) is 0 Å². The molecule has 1 N–H and O–H groups in total. The molecule has 162 valence electrons. The summed E-state index contributed by atoms with van der Waals surface area (Å²) in [4.78, 5) is 25.7. The maximum atomic E-state index is 12.3. The Morgan fingerprint density at radius 3 is 2.45 bits per heavy atom. The maximum Gasteiger partial charge on any atom is 0.412 e. The molecule has 0 atom stereocenters. The molecule has 1 aliphatic rings. The van der Waals surface area contributed by atoms with Crippen molar-refractivity contribution in [3.8, 4) is 11.8 Å². The lowest BCUT2D eigenvalue weighted by Gasteiger charge is -2.30. The number of hydrogen-bond donors (Lipinski definition) is 1. The molecule has 0 aromatic heterocycles. The molecule has 2 aromatic rings. The Morgan fingerprint density at radius 1 is 1.16 bits per heavy atom. The molecule has 1 saturated heterocycles. The third-order valence-corrected chi connectivity index (χ3v) is 5.36. The number of ether oxygens (including phenoxy) is 1. The van der Waals surface area contributed by atoms with Gasteiger partial charge in [-0.3, -0.25) is 15.4 Å². The zero-order chi connectivity index (χ0) is 22.4. The first-order valence-corrected chi connectivity index (χ1v) is 11.1. The van der Waals surface area contributed by atoms with Gasteiger partial charge in [-0.25, -0.2) is 4.79 Å². The molecule has 3 rings (SSSR count). The van der Waals surface area contributed by atoms with E-state index in [0.29, 0.717) is 5.56 Å². The second-order valence-electron chi connectivity index (χ2n) is 7.99. The number of benzene rings is 2. The first kappa shape index (κ1) is 22.5. The highest BCUT2D eigenvalue weighted by Crippen LogP contribution is 2.34. The molecule has 0 spiro atoms. The van der Waals surface area contributed by atoms with Crippen molar-refractivity contribution in [2.45, 2.75) is 26.4 Å². The van der Waals surface area contributed by atoms with E-state index < -0.39 is 16.6 Å². The average molecular weight is 440 g/mol. The molecule has 1 aliphatic heterocycles. The lowest BCUT2D eigenvalue weighted by Crippen LogP contribution is -2.33. The lowest BCUT2D eigenvalue weighted by atomic mass is 10.1. The van der Waals surface area contributed by atoms with Gasteiger partial charge in [-0.15, -0.1) is 0 Å². The van der Waals surface area contributed by atoms with Crippen molar-refractivity contribution >= 4 is 34.9 Å². The summed E-state index contributed by atoms with van der Waals surface area (Å²) < 4.78 is 5.28. The van der Waals surface area contributed by atoms with Crippen LogP contribution in [0.5, 0.6) is 0 Å². The van der Waals surface area contributed by atoms with Crippen LogP contribution in [-0.4, -0.2) is 41.2 Å². The lowest BCUT2D eigenvalue weighted by molar-refractivity contribution is -0.383. The van der Waals surface area contributed by atoms with Gasteiger partial charge >= 0.3 is 6.09 Å². The van der Waals surface area contributed by atoms with Crippen LogP contribution in [0.3, 0.4) is 0 Å². The largest absolute Gasteiger partial charge is 0.444 e. The summed E-state index contributed by atoms with van der Waals surface area (Å²) >= 11 is 1.86. The van der Waals surface area contributed by atoms with Gasteiger partial charge in [0.1, 0.15) is 11.3 Å². The minimum absolute atomic E-state index is 0.0951. The number of hydrogen-bond acceptors (Lipinski definition) is 6. The van der Waals surface area contributed by atoms with E-state index in [9.17, 15) is 14.9 Å². The highest BCUT2D eigenvalue weighted by Gasteiger charge is 2.25. The SMILES string of the molecule is CC(C)(C)OC(=O)Nc1cc(N2CCSCC2)c(C#Cc2ccccc2)cc1[N+](=O)[O-]. The number of amides is 1. The summed E-state index contributed by atoms with van der Waals surface area (Å²) in [5, 5.41) is 14.3. The molecule has 1 fully saturated rings. The Morgan fingerprint density at radius 2 is 1.84 bits per heavy atom. The average Bonchev–Trinajstić information content (AvgIpc) is 2.72. The van der Waals surface area contributed by atoms with E-state index in [1.165, 1.54) is 6.07 Å². The standard InChI is InChI=1S/C23H25N3O4S/c1-23(2,3)30-22(27)24-19-16-20(25-11-13-31-14-12-25)18(15-21(19)26(28)29)10-9-17-7-5-4-6-8-17/h4-8,15-16H,11-14H2,1-3H3,(H,24,27). The summed E-state index contributed by atoms with van der Waals surface area (Å²) in [5.41, 5.74) is 1.29. The van der Waals surface area contributed by atoms with Crippen LogP contribution in [-0.2, 0) is 4.74 Å². The predicted octanol–water partition coefficient (Wildman–Crippen LogP) is 4.89. The number of nitrogens with one attached hydrogen (secondary N) is 1. The number of thioether (sulfide) groups is 1. The summed E-state index contributed by atoms with van der Waals surface area (Å²) in [5.74, 6) is 8.09. The number of anilines is 2. The van der Waals surface area contributed by atoms with Gasteiger partial charge in [0.25, 0.3) is 5.69 Å². The van der Waals surface area contributed by atoms with Gasteiger partial charge < -0.3 is 9.64 Å². The van der Waals surface area contributed by atoms with Crippen molar-refractivity contribution in [3.05, 3.63) is 63.7 Å². The Balaban J connectivity index is 2.04. The molecular formula is C23H25N3O4S. The fourth-order valence-corrected chi connectivity index (χ4v) is 3.97. The number of rotatable bonds is 3. The van der Waals surface area contributed by atoms with Crippen LogP contribution in [0.4, 0.5) is 21.9 Å². The van der Waals surface area contributed by atoms with E-state index in [0.717, 1.165) is 35.8 Å². The Labute approximate surface area is 186 Å². The number of carbonyl (C=O) groups is 1. The molecular weight excluding hydrogens is 414 g/mol. The Kier molecular flexibility index (Phi) is 7.08. The van der Waals surface area contributed by atoms with Gasteiger partial charge in [0, 0.05) is 36.2 Å². The molecule has 7 nitrogen and oxygen atoms in total. The van der Waals surface area contributed by atoms with Crippen LogP contribution in [0.15, 0.2) is 42.5 Å². The van der Waals surface area contributed by atoms with Crippen molar-refractivity contribution in [2.24, 2.45) is 0 Å². The first-order valence-electron chi connectivity index (χ1n) is 9.95. The first-order chi connectivity index (χ1) is 14.7. The molecule has 1 amide bonds. The highest BCUT2D eigenvalue weighted by molar-refractivity contribution is 7.99. The van der Waals surface area contributed by atoms with Gasteiger partial charge in [-0.1, -0.05) is 30.0 Å². The summed E-state index contributed by atoms with van der Waals surface area (Å²) in [6, 6.07) is 12.5. The van der Waals surface area contributed by atoms with Crippen LogP contribution in [0.25, 0.3) is 0 Å². The fourth-order valence-electron chi connectivity index (χ4n) is 3.07. The second-order valence-corrected chi connectivity index (χ2v) is 9.21. The molecule has 0 radical (unpaired) electrons. The zero-order valence-electron chi connectivity index (χ0n) is 17.8. The Hall–Kier alpha value is -3.18. The van der Waals surface area contributed by atoms with Crippen molar-refractivity contribution < 1.29 is 14.5 Å². The van der Waals surface area contributed by atoms with Crippen molar-refractivity contribution in [3.63, 3.8) is 0 Å². The van der Waals surface area contributed by atoms with Gasteiger partial charge in [-0.2, -0.15) is 11.8 Å². The van der Waals surface area contributed by atoms with Crippen molar-refractivity contribution in [1.82, 2.24) is 0 Å². The van der Waals surface area contributed by atoms with Gasteiger partial charge in [-0.05, 0) is 39.0 Å². The van der Waals surface area contributed by atoms with Gasteiger partial charge in [0.15, 0.2) is 0 Å². The molecule has 0 unspecified atom stereocenters. The quantitative estimate of drug-likeness (QED) is 0.416. The molecule has 1 heterocycles. The topological polar surface area (TPSA) is 84.7 Å². The van der Waals surface area contributed by atoms with Crippen molar-refractivity contribution in [2.75, 3.05) is 34.8 Å². The number of nitro groups is 1. The molecule has 31 heavy (non-hydrogen) atoms. The second kappa shape index (κ2) is 9.75. The van der Waals surface area contributed by atoms with Crippen molar-refractivity contribution in [1.29, 1.82) is 0 Å². The molecule has 0 bridgehead atoms. The van der Waals surface area contributed by atoms with E-state index in [1.54, 1.807) is 26.8 Å². The van der Waals surface area contributed by atoms with Crippen LogP contribution in [0.1, 0.15) is 31.9 Å². The van der Waals surface area contributed by atoms with E-state index >= 15 is 0 Å². The van der Waals surface area contributed by atoms with E-state index in [2.05, 4.69) is 22.1 Å². The smallest absolute Gasteiger partial charge is 0.412 e. The minimum Gasteiger partial charge on any atom is -0.444 e. The van der Waals surface area contributed by atoms with Gasteiger partial charge in [0.05, 0.1) is 16.2 Å². The van der Waals surface area contributed by atoms with Crippen LogP contribution in [0, 0.1) is 22.0 Å². The third kappa shape index (κ3) is 6.40. The summed E-state index contributed by atoms with van der Waals surface area (Å²) in [7, 11) is 0. The number of carbonyl (C=O) groups excluding carboxylic acids is 1. The summed E-state index contributed by atoms with van der Waals surface area (Å²) in [6.07, 6.45) is -0.737. The molecule has 0 aliphatic carbocycles. The predicted molar refractivity (Wildman–Crippen MR) is 125 cm³/mol. The molecule has 8 heteroatoms. The minimum atomic E-state index is -0.737. The summed E-state index contributed by atoms with van der Waals surface area (Å²) in [6.45, 7) is 6.81. The number of nitro benzene ring substituents is 1. The van der Waals surface area contributed by atoms with Crippen LogP contribution >= 0.6 is 11.8 Å². The molecule has 0 saturated carbocycles.